The van der Waals surface area contributed by atoms with Gasteiger partial charge in [-0.15, -0.1) is 0 Å². The minimum absolute atomic E-state index is 0.117. The summed E-state index contributed by atoms with van der Waals surface area (Å²) in [6.45, 7) is 0. The molecule has 0 radical (unpaired) electrons. The highest BCUT2D eigenvalue weighted by molar-refractivity contribution is 5.93. The van der Waals surface area contributed by atoms with Gasteiger partial charge in [-0.25, -0.2) is 4.79 Å². The number of ether oxygens (including phenoxy) is 1. The lowest BCUT2D eigenvalue weighted by Crippen LogP contribution is -2.12. The zero-order chi connectivity index (χ0) is 18.4. The summed E-state index contributed by atoms with van der Waals surface area (Å²) in [4.78, 5) is 23.5. The maximum Gasteiger partial charge on any atom is 0.337 e. The zero-order valence-electron chi connectivity index (χ0n) is 14.4. The Morgan fingerprint density at radius 1 is 0.962 bits per heavy atom. The standard InChI is InChI=1S/C21H19NO4/c1-25-21(24)16-7-9-17(10-8-16)22-20(23)14-12-18-11-13-19(26-18)15-5-3-2-4-6-15/h2-11,13H,12,14H2,1H3,(H,22,23). The number of aryl methyl sites for hydroxylation is 1. The van der Waals surface area contributed by atoms with Crippen LogP contribution in [0.15, 0.2) is 71.1 Å². The van der Waals surface area contributed by atoms with Crippen molar-refractivity contribution < 1.29 is 18.7 Å². The van der Waals surface area contributed by atoms with Gasteiger partial charge < -0.3 is 14.5 Å². The summed E-state index contributed by atoms with van der Waals surface area (Å²) in [6, 6.07) is 20.2. The number of furan rings is 1. The number of nitrogens with one attached hydrogen (secondary N) is 1. The van der Waals surface area contributed by atoms with Crippen LogP contribution in [0.25, 0.3) is 11.3 Å². The van der Waals surface area contributed by atoms with Crippen LogP contribution in [0.5, 0.6) is 0 Å². The van der Waals surface area contributed by atoms with Crippen LogP contribution in [0.4, 0.5) is 5.69 Å². The van der Waals surface area contributed by atoms with Gasteiger partial charge in [-0.05, 0) is 36.4 Å². The van der Waals surface area contributed by atoms with Crippen molar-refractivity contribution in [3.8, 4) is 11.3 Å². The molecule has 2 aromatic carbocycles. The molecule has 0 spiro atoms. The Hall–Kier alpha value is -3.34. The SMILES string of the molecule is COC(=O)c1ccc(NC(=O)CCc2ccc(-c3ccccc3)o2)cc1. The lowest BCUT2D eigenvalue weighted by molar-refractivity contribution is -0.116. The molecule has 1 N–H and O–H groups in total. The number of hydrogen-bond acceptors (Lipinski definition) is 4. The van der Waals surface area contributed by atoms with Crippen LogP contribution in [-0.2, 0) is 16.0 Å². The summed E-state index contributed by atoms with van der Waals surface area (Å²) in [6.07, 6.45) is 0.819. The fourth-order valence-electron chi connectivity index (χ4n) is 2.54. The number of rotatable bonds is 6. The highest BCUT2D eigenvalue weighted by atomic mass is 16.5. The summed E-state index contributed by atoms with van der Waals surface area (Å²) in [5, 5.41) is 2.80. The molecule has 132 valence electrons. The molecule has 0 saturated carbocycles. The van der Waals surface area contributed by atoms with Crippen molar-refractivity contribution in [2.75, 3.05) is 12.4 Å². The fraction of sp³-hybridized carbons (Fsp3) is 0.143. The topological polar surface area (TPSA) is 68.5 Å². The van der Waals surface area contributed by atoms with Crippen LogP contribution in [-0.4, -0.2) is 19.0 Å². The maximum absolute atomic E-state index is 12.1. The first-order valence-electron chi connectivity index (χ1n) is 8.28. The van der Waals surface area contributed by atoms with Gasteiger partial charge in [0.05, 0.1) is 12.7 Å². The average molecular weight is 349 g/mol. The lowest BCUT2D eigenvalue weighted by Gasteiger charge is -2.05. The largest absolute Gasteiger partial charge is 0.465 e. The van der Waals surface area contributed by atoms with Gasteiger partial charge in [-0.3, -0.25) is 4.79 Å². The zero-order valence-corrected chi connectivity index (χ0v) is 14.4. The average Bonchev–Trinajstić information content (AvgIpc) is 3.16. The molecule has 0 fully saturated rings. The quantitative estimate of drug-likeness (QED) is 0.674. The van der Waals surface area contributed by atoms with E-state index in [-0.39, 0.29) is 5.91 Å². The Balaban J connectivity index is 1.53. The molecule has 5 heteroatoms. The molecule has 0 aliphatic heterocycles. The van der Waals surface area contributed by atoms with Gasteiger partial charge in [0.15, 0.2) is 0 Å². The highest BCUT2D eigenvalue weighted by Gasteiger charge is 2.09. The van der Waals surface area contributed by atoms with Crippen molar-refractivity contribution in [3.63, 3.8) is 0 Å². The number of methoxy groups -OCH3 is 1. The molecule has 26 heavy (non-hydrogen) atoms. The first-order valence-corrected chi connectivity index (χ1v) is 8.28. The molecule has 0 bridgehead atoms. The monoisotopic (exact) mass is 349 g/mol. The Bertz CT molecular complexity index is 882. The first-order chi connectivity index (χ1) is 12.7. The Morgan fingerprint density at radius 3 is 2.38 bits per heavy atom. The highest BCUT2D eigenvalue weighted by Crippen LogP contribution is 2.22. The predicted octanol–water partition coefficient (Wildman–Crippen LogP) is 4.30. The van der Waals surface area contributed by atoms with Gasteiger partial charge in [0.25, 0.3) is 0 Å². The number of benzene rings is 2. The molecule has 1 heterocycles. The molecule has 3 aromatic rings. The fourth-order valence-corrected chi connectivity index (χ4v) is 2.54. The predicted molar refractivity (Wildman–Crippen MR) is 98.9 cm³/mol. The number of carbonyl (C=O) groups excluding carboxylic acids is 2. The molecule has 0 aliphatic rings. The van der Waals surface area contributed by atoms with Crippen molar-refractivity contribution in [3.05, 3.63) is 78.1 Å². The van der Waals surface area contributed by atoms with Gasteiger partial charge in [0.2, 0.25) is 5.91 Å². The number of anilines is 1. The second kappa shape index (κ2) is 8.16. The van der Waals surface area contributed by atoms with Gasteiger partial charge >= 0.3 is 5.97 Å². The van der Waals surface area contributed by atoms with Crippen LogP contribution >= 0.6 is 0 Å². The van der Waals surface area contributed by atoms with E-state index in [1.165, 1.54) is 7.11 Å². The molecular formula is C21H19NO4. The van der Waals surface area contributed by atoms with E-state index in [0.717, 1.165) is 17.1 Å². The molecule has 1 amide bonds. The van der Waals surface area contributed by atoms with E-state index < -0.39 is 5.97 Å². The molecule has 0 aliphatic carbocycles. The Kier molecular flexibility index (Phi) is 5.49. The number of amides is 1. The molecule has 1 aromatic heterocycles. The van der Waals surface area contributed by atoms with E-state index in [1.54, 1.807) is 24.3 Å². The van der Waals surface area contributed by atoms with E-state index in [2.05, 4.69) is 10.1 Å². The van der Waals surface area contributed by atoms with Crippen LogP contribution in [0.1, 0.15) is 22.5 Å². The lowest BCUT2D eigenvalue weighted by atomic mass is 10.2. The third-order valence-corrected chi connectivity index (χ3v) is 3.91. The number of esters is 1. The minimum Gasteiger partial charge on any atom is -0.465 e. The number of carbonyl (C=O) groups is 2. The Labute approximate surface area is 151 Å². The van der Waals surface area contributed by atoms with Gasteiger partial charge in [0.1, 0.15) is 11.5 Å². The molecule has 0 atom stereocenters. The molecular weight excluding hydrogens is 330 g/mol. The summed E-state index contributed by atoms with van der Waals surface area (Å²) in [7, 11) is 1.33. The van der Waals surface area contributed by atoms with Crippen molar-refractivity contribution in [2.24, 2.45) is 0 Å². The molecule has 0 unspecified atom stereocenters. The molecule has 3 rings (SSSR count). The second-order valence-electron chi connectivity index (χ2n) is 5.75. The van der Waals surface area contributed by atoms with E-state index in [0.29, 0.717) is 24.1 Å². The summed E-state index contributed by atoms with van der Waals surface area (Å²) >= 11 is 0. The van der Waals surface area contributed by atoms with Crippen molar-refractivity contribution in [1.29, 1.82) is 0 Å². The second-order valence-corrected chi connectivity index (χ2v) is 5.75. The van der Waals surface area contributed by atoms with E-state index >= 15 is 0 Å². The van der Waals surface area contributed by atoms with Crippen molar-refractivity contribution in [2.45, 2.75) is 12.8 Å². The summed E-state index contributed by atoms with van der Waals surface area (Å²) in [5.41, 5.74) is 2.08. The third-order valence-electron chi connectivity index (χ3n) is 3.91. The Morgan fingerprint density at radius 2 is 1.69 bits per heavy atom. The number of hydrogen-bond donors (Lipinski definition) is 1. The maximum atomic E-state index is 12.1. The normalized spacial score (nSPS) is 10.3. The molecule has 0 saturated heterocycles. The van der Waals surface area contributed by atoms with E-state index in [1.807, 2.05) is 42.5 Å². The van der Waals surface area contributed by atoms with Gasteiger partial charge in [0, 0.05) is 24.1 Å². The van der Waals surface area contributed by atoms with Gasteiger partial charge in [-0.2, -0.15) is 0 Å². The minimum atomic E-state index is -0.407. The van der Waals surface area contributed by atoms with Crippen molar-refractivity contribution in [1.82, 2.24) is 0 Å². The van der Waals surface area contributed by atoms with Crippen LogP contribution in [0, 0.1) is 0 Å². The van der Waals surface area contributed by atoms with Crippen LogP contribution in [0.3, 0.4) is 0 Å². The van der Waals surface area contributed by atoms with E-state index in [9.17, 15) is 9.59 Å². The van der Waals surface area contributed by atoms with Gasteiger partial charge in [-0.1, -0.05) is 30.3 Å². The summed E-state index contributed by atoms with van der Waals surface area (Å²) in [5.74, 6) is 1.03. The first kappa shape index (κ1) is 17.5. The van der Waals surface area contributed by atoms with Crippen molar-refractivity contribution >= 4 is 17.6 Å². The third kappa shape index (κ3) is 4.39. The molecule has 5 nitrogen and oxygen atoms in total. The smallest absolute Gasteiger partial charge is 0.337 e. The van der Waals surface area contributed by atoms with E-state index in [4.69, 9.17) is 4.42 Å². The summed E-state index contributed by atoms with van der Waals surface area (Å²) < 4.78 is 10.4. The van der Waals surface area contributed by atoms with Crippen LogP contribution < -0.4 is 5.32 Å². The van der Waals surface area contributed by atoms with Crippen LogP contribution in [0.2, 0.25) is 0 Å².